The Bertz CT molecular complexity index is 1110. The normalized spacial score (nSPS) is 14.4. The van der Waals surface area contributed by atoms with Gasteiger partial charge in [0.25, 0.3) is 0 Å². The van der Waals surface area contributed by atoms with Crippen LogP contribution in [-0.2, 0) is 4.74 Å². The van der Waals surface area contributed by atoms with Crippen LogP contribution in [0.25, 0.3) is 11.0 Å². The number of nitrogens with one attached hydrogen (secondary N) is 1. The van der Waals surface area contributed by atoms with Crippen molar-refractivity contribution in [2.24, 2.45) is 5.10 Å². The molecule has 1 fully saturated rings. The lowest BCUT2D eigenvalue weighted by Gasteiger charge is -2.29. The molecule has 30 heavy (non-hydrogen) atoms. The van der Waals surface area contributed by atoms with Gasteiger partial charge in [0, 0.05) is 40.3 Å². The van der Waals surface area contributed by atoms with Crippen LogP contribution in [0.3, 0.4) is 0 Å². The Labute approximate surface area is 190 Å². The van der Waals surface area contributed by atoms with Crippen LogP contribution in [0, 0.1) is 0 Å². The van der Waals surface area contributed by atoms with Crippen molar-refractivity contribution < 1.29 is 18.7 Å². The summed E-state index contributed by atoms with van der Waals surface area (Å²) >= 11 is 6.86. The predicted octanol–water partition coefficient (Wildman–Crippen LogP) is 4.57. The molecule has 9 heteroatoms. The average Bonchev–Trinajstić information content (AvgIpc) is 3.19. The van der Waals surface area contributed by atoms with Crippen LogP contribution in [-0.4, -0.2) is 45.5 Å². The zero-order valence-electron chi connectivity index (χ0n) is 16.2. The maximum Gasteiger partial charge on any atom is 0.307 e. The molecule has 1 saturated heterocycles. The highest BCUT2D eigenvalue weighted by atomic mass is 79.9. The molecule has 7 nitrogen and oxygen atoms in total. The van der Waals surface area contributed by atoms with E-state index in [0.29, 0.717) is 24.5 Å². The second-order valence-electron chi connectivity index (χ2n) is 6.64. The first kappa shape index (κ1) is 20.9. The van der Waals surface area contributed by atoms with Gasteiger partial charge in [0.2, 0.25) is 0 Å². The number of hydrogen-bond acceptors (Lipinski definition) is 6. The Morgan fingerprint density at radius 3 is 2.77 bits per heavy atom. The first-order chi connectivity index (χ1) is 14.5. The molecule has 0 saturated carbocycles. The summed E-state index contributed by atoms with van der Waals surface area (Å²) in [5.74, 6) is 0.416. The van der Waals surface area contributed by atoms with E-state index in [4.69, 9.17) is 13.9 Å². The minimum absolute atomic E-state index is 0.176. The van der Waals surface area contributed by atoms with Crippen molar-refractivity contribution in [3.8, 4) is 5.75 Å². The van der Waals surface area contributed by atoms with E-state index in [1.165, 1.54) is 0 Å². The quantitative estimate of drug-likeness (QED) is 0.382. The molecule has 4 rings (SSSR count). The van der Waals surface area contributed by atoms with Crippen molar-refractivity contribution in [2.45, 2.75) is 0 Å². The monoisotopic (exact) mass is 535 g/mol. The number of benzene rings is 2. The third-order valence-electron chi connectivity index (χ3n) is 4.72. The smallest absolute Gasteiger partial charge is 0.307 e. The molecule has 1 aliphatic heterocycles. The Balaban J connectivity index is 1.47. The van der Waals surface area contributed by atoms with Crippen LogP contribution >= 0.6 is 31.9 Å². The standard InChI is InChI=1S/C21H19Br2N3O4/c1-28-18-11-16(26-4-6-29-7-5-26)3-2-13(18)12-24-25-21(27)19-9-14-8-15(22)10-17(23)20(14)30-19/h2-3,8-12H,4-7H2,1H3,(H,25,27)/b24-12-. The first-order valence-electron chi connectivity index (χ1n) is 9.28. The molecule has 1 amide bonds. The number of halogens is 2. The number of rotatable bonds is 5. The van der Waals surface area contributed by atoms with Gasteiger partial charge in [-0.25, -0.2) is 5.43 Å². The van der Waals surface area contributed by atoms with E-state index in [2.05, 4.69) is 47.3 Å². The number of furan rings is 1. The molecule has 1 N–H and O–H groups in total. The molecule has 0 unspecified atom stereocenters. The number of anilines is 1. The summed E-state index contributed by atoms with van der Waals surface area (Å²) in [7, 11) is 1.61. The Hall–Kier alpha value is -2.36. The van der Waals surface area contributed by atoms with Crippen molar-refractivity contribution in [1.82, 2.24) is 5.43 Å². The van der Waals surface area contributed by atoms with Gasteiger partial charge in [0.1, 0.15) is 11.3 Å². The van der Waals surface area contributed by atoms with Gasteiger partial charge in [-0.1, -0.05) is 15.9 Å². The molecular formula is C21H19Br2N3O4. The van der Waals surface area contributed by atoms with E-state index < -0.39 is 5.91 Å². The van der Waals surface area contributed by atoms with Crippen LogP contribution in [0.5, 0.6) is 5.75 Å². The minimum Gasteiger partial charge on any atom is -0.496 e. The third-order valence-corrected chi connectivity index (χ3v) is 5.77. The Kier molecular flexibility index (Phi) is 6.40. The van der Waals surface area contributed by atoms with Crippen molar-refractivity contribution in [1.29, 1.82) is 0 Å². The second kappa shape index (κ2) is 9.20. The number of nitrogens with zero attached hydrogens (tertiary/aromatic N) is 2. The predicted molar refractivity (Wildman–Crippen MR) is 123 cm³/mol. The van der Waals surface area contributed by atoms with E-state index in [1.54, 1.807) is 19.4 Å². The van der Waals surface area contributed by atoms with Gasteiger partial charge in [0.05, 0.1) is 31.0 Å². The lowest BCUT2D eigenvalue weighted by atomic mass is 10.1. The fraction of sp³-hybridized carbons (Fsp3) is 0.238. The molecule has 0 spiro atoms. The van der Waals surface area contributed by atoms with Gasteiger partial charge in [-0.2, -0.15) is 5.10 Å². The lowest BCUT2D eigenvalue weighted by Crippen LogP contribution is -2.36. The van der Waals surface area contributed by atoms with Crippen LogP contribution < -0.4 is 15.1 Å². The molecule has 0 aliphatic carbocycles. The molecule has 0 atom stereocenters. The maximum absolute atomic E-state index is 12.4. The molecule has 0 bridgehead atoms. The molecule has 156 valence electrons. The molecule has 0 radical (unpaired) electrons. The van der Waals surface area contributed by atoms with E-state index in [-0.39, 0.29) is 5.76 Å². The molecular weight excluding hydrogens is 518 g/mol. The van der Waals surface area contributed by atoms with Gasteiger partial charge < -0.3 is 18.8 Å². The number of fused-ring (bicyclic) bond motifs is 1. The van der Waals surface area contributed by atoms with E-state index in [0.717, 1.165) is 38.7 Å². The summed E-state index contributed by atoms with van der Waals surface area (Å²) < 4.78 is 18.2. The summed E-state index contributed by atoms with van der Waals surface area (Å²) in [6, 6.07) is 11.3. The summed E-state index contributed by atoms with van der Waals surface area (Å²) in [5, 5.41) is 4.87. The van der Waals surface area contributed by atoms with Crippen molar-refractivity contribution in [3.05, 3.63) is 56.7 Å². The molecule has 1 aliphatic rings. The number of carbonyl (C=O) groups excluding carboxylic acids is 1. The Morgan fingerprint density at radius 1 is 1.20 bits per heavy atom. The summed E-state index contributed by atoms with van der Waals surface area (Å²) in [6.45, 7) is 3.12. The molecule has 2 aromatic carbocycles. The van der Waals surface area contributed by atoms with Crippen molar-refractivity contribution in [2.75, 3.05) is 38.3 Å². The maximum atomic E-state index is 12.4. The highest BCUT2D eigenvalue weighted by Crippen LogP contribution is 2.31. The van der Waals surface area contributed by atoms with E-state index in [1.807, 2.05) is 30.3 Å². The first-order valence-corrected chi connectivity index (χ1v) is 10.9. The highest BCUT2D eigenvalue weighted by Gasteiger charge is 2.15. The fourth-order valence-corrected chi connectivity index (χ4v) is 4.57. The second-order valence-corrected chi connectivity index (χ2v) is 8.41. The molecule has 1 aromatic heterocycles. The van der Waals surface area contributed by atoms with Crippen LogP contribution in [0.2, 0.25) is 0 Å². The van der Waals surface area contributed by atoms with Crippen LogP contribution in [0.1, 0.15) is 16.1 Å². The fourth-order valence-electron chi connectivity index (χ4n) is 3.23. The lowest BCUT2D eigenvalue weighted by molar-refractivity contribution is 0.0929. The number of ether oxygens (including phenoxy) is 2. The average molecular weight is 537 g/mol. The number of morpholine rings is 1. The van der Waals surface area contributed by atoms with Gasteiger partial charge in [-0.15, -0.1) is 0 Å². The van der Waals surface area contributed by atoms with Gasteiger partial charge >= 0.3 is 5.91 Å². The topological polar surface area (TPSA) is 76.3 Å². The van der Waals surface area contributed by atoms with Gasteiger partial charge in [-0.3, -0.25) is 4.79 Å². The number of methoxy groups -OCH3 is 1. The largest absolute Gasteiger partial charge is 0.496 e. The van der Waals surface area contributed by atoms with Gasteiger partial charge in [0.15, 0.2) is 5.76 Å². The SMILES string of the molecule is COc1cc(N2CCOCC2)ccc1/C=N\NC(=O)c1cc2cc(Br)cc(Br)c2o1. The summed E-state index contributed by atoms with van der Waals surface area (Å²) in [5.41, 5.74) is 4.92. The number of amides is 1. The zero-order chi connectivity index (χ0) is 21.1. The van der Waals surface area contributed by atoms with Gasteiger partial charge in [-0.05, 0) is 46.3 Å². The molecule has 3 aromatic rings. The van der Waals surface area contributed by atoms with Crippen molar-refractivity contribution in [3.63, 3.8) is 0 Å². The third kappa shape index (κ3) is 4.53. The minimum atomic E-state index is -0.436. The van der Waals surface area contributed by atoms with E-state index in [9.17, 15) is 4.79 Å². The summed E-state index contributed by atoms with van der Waals surface area (Å²) in [4.78, 5) is 14.7. The highest BCUT2D eigenvalue weighted by molar-refractivity contribution is 9.11. The molecule has 2 heterocycles. The van der Waals surface area contributed by atoms with Crippen molar-refractivity contribution >= 4 is 60.6 Å². The summed E-state index contributed by atoms with van der Waals surface area (Å²) in [6.07, 6.45) is 1.55. The zero-order valence-corrected chi connectivity index (χ0v) is 19.3. The van der Waals surface area contributed by atoms with E-state index >= 15 is 0 Å². The van der Waals surface area contributed by atoms with Crippen LogP contribution in [0.4, 0.5) is 5.69 Å². The van der Waals surface area contributed by atoms with Crippen LogP contribution in [0.15, 0.2) is 54.9 Å². The number of carbonyl (C=O) groups is 1. The number of hydrogen-bond donors (Lipinski definition) is 1. The number of hydrazone groups is 1. The Morgan fingerprint density at radius 2 is 2.00 bits per heavy atom.